The first-order chi connectivity index (χ1) is 14.0. The highest BCUT2D eigenvalue weighted by atomic mass is 35.5. The molecule has 4 rings (SSSR count). The van der Waals surface area contributed by atoms with Crippen molar-refractivity contribution in [2.75, 3.05) is 25.6 Å². The van der Waals surface area contributed by atoms with Gasteiger partial charge in [0, 0.05) is 36.5 Å². The van der Waals surface area contributed by atoms with Gasteiger partial charge in [-0.2, -0.15) is 0 Å². The monoisotopic (exact) mass is 426 g/mol. The van der Waals surface area contributed by atoms with Gasteiger partial charge < -0.3 is 15.0 Å². The lowest BCUT2D eigenvalue weighted by Gasteiger charge is -2.18. The zero-order chi connectivity index (χ0) is 20.5. The molecule has 1 aliphatic rings. The van der Waals surface area contributed by atoms with E-state index in [9.17, 15) is 9.59 Å². The molecular weight excluding hydrogens is 408 g/mol. The third-order valence-electron chi connectivity index (χ3n) is 4.88. The first-order valence-electron chi connectivity index (χ1n) is 9.14. The highest BCUT2D eigenvalue weighted by molar-refractivity contribution is 7.17. The summed E-state index contributed by atoms with van der Waals surface area (Å²) in [6.45, 7) is 0.580. The van der Waals surface area contributed by atoms with Crippen LogP contribution in [0, 0.1) is 0 Å². The lowest BCUT2D eigenvalue weighted by molar-refractivity contribution is 0.0962. The van der Waals surface area contributed by atoms with Gasteiger partial charge in [0.2, 0.25) is 0 Å². The number of hydrogen-bond acceptors (Lipinski definition) is 4. The molecule has 0 spiro atoms. The molecule has 7 heteroatoms. The molecule has 0 atom stereocenters. The summed E-state index contributed by atoms with van der Waals surface area (Å²) in [5.41, 5.74) is 3.12. The van der Waals surface area contributed by atoms with E-state index < -0.39 is 0 Å². The van der Waals surface area contributed by atoms with Crippen LogP contribution in [0.1, 0.15) is 25.6 Å². The second-order valence-electron chi connectivity index (χ2n) is 6.67. The van der Waals surface area contributed by atoms with E-state index in [0.717, 1.165) is 28.2 Å². The zero-order valence-corrected chi connectivity index (χ0v) is 17.6. The van der Waals surface area contributed by atoms with Crippen molar-refractivity contribution in [3.8, 4) is 16.2 Å². The Morgan fingerprint density at radius 2 is 1.97 bits per heavy atom. The second-order valence-corrected chi connectivity index (χ2v) is 8.13. The zero-order valence-electron chi connectivity index (χ0n) is 16.0. The summed E-state index contributed by atoms with van der Waals surface area (Å²) in [5, 5.41) is 2.91. The molecule has 2 aromatic carbocycles. The first-order valence-corrected chi connectivity index (χ1v) is 10.3. The van der Waals surface area contributed by atoms with Crippen molar-refractivity contribution in [1.29, 1.82) is 0 Å². The Morgan fingerprint density at radius 1 is 1.17 bits per heavy atom. The molecule has 0 aliphatic carbocycles. The summed E-state index contributed by atoms with van der Waals surface area (Å²) in [4.78, 5) is 28.2. The van der Waals surface area contributed by atoms with Crippen molar-refractivity contribution in [3.63, 3.8) is 0 Å². The Balaban J connectivity index is 1.66. The van der Waals surface area contributed by atoms with Gasteiger partial charge in [-0.05, 0) is 42.0 Å². The van der Waals surface area contributed by atoms with Gasteiger partial charge in [0.15, 0.2) is 0 Å². The SMILES string of the molecule is CNC(=O)c1ccc(N(C)C(=O)c2cc3c(s2)-c2ccccc2OCC3)c(Cl)c1. The summed E-state index contributed by atoms with van der Waals surface area (Å²) in [6.07, 6.45) is 0.749. The topological polar surface area (TPSA) is 58.6 Å². The maximum absolute atomic E-state index is 13.2. The van der Waals surface area contributed by atoms with Crippen molar-refractivity contribution in [2.45, 2.75) is 6.42 Å². The molecule has 0 saturated carbocycles. The van der Waals surface area contributed by atoms with Gasteiger partial charge in [0.25, 0.3) is 11.8 Å². The van der Waals surface area contributed by atoms with Crippen LogP contribution in [-0.4, -0.2) is 32.5 Å². The van der Waals surface area contributed by atoms with E-state index in [4.69, 9.17) is 16.3 Å². The van der Waals surface area contributed by atoms with Crippen molar-refractivity contribution >= 4 is 40.4 Å². The number of carbonyl (C=O) groups excluding carboxylic acids is 2. The molecule has 0 saturated heterocycles. The Bertz CT molecular complexity index is 1110. The molecule has 0 fully saturated rings. The molecule has 29 heavy (non-hydrogen) atoms. The fourth-order valence-corrected chi connectivity index (χ4v) is 4.86. The number of anilines is 1. The standard InChI is InChI=1S/C22H19ClN2O3S/c1-24-21(26)14-7-8-17(16(23)11-14)25(2)22(27)19-12-13-9-10-28-18-6-4-3-5-15(18)20(13)29-19/h3-8,11-12H,9-10H2,1-2H3,(H,24,26). The van der Waals surface area contributed by atoms with Crippen molar-refractivity contribution in [2.24, 2.45) is 0 Å². The lowest BCUT2D eigenvalue weighted by Crippen LogP contribution is -2.26. The van der Waals surface area contributed by atoms with E-state index in [1.54, 1.807) is 32.3 Å². The maximum Gasteiger partial charge on any atom is 0.268 e. The van der Waals surface area contributed by atoms with Crippen LogP contribution in [0.25, 0.3) is 10.4 Å². The fraction of sp³-hybridized carbons (Fsp3) is 0.182. The molecule has 1 N–H and O–H groups in total. The summed E-state index contributed by atoms with van der Waals surface area (Å²) < 4.78 is 5.82. The lowest BCUT2D eigenvalue weighted by atomic mass is 10.1. The molecule has 1 aliphatic heterocycles. The molecular formula is C22H19ClN2O3S. The summed E-state index contributed by atoms with van der Waals surface area (Å²) in [5.74, 6) is 0.472. The minimum atomic E-state index is -0.227. The van der Waals surface area contributed by atoms with Gasteiger partial charge in [0.1, 0.15) is 5.75 Å². The van der Waals surface area contributed by atoms with E-state index in [0.29, 0.717) is 27.8 Å². The van der Waals surface area contributed by atoms with Crippen molar-refractivity contribution in [3.05, 3.63) is 69.6 Å². The number of para-hydroxylation sites is 1. The number of nitrogens with zero attached hydrogens (tertiary/aromatic N) is 1. The number of fused-ring (bicyclic) bond motifs is 3. The molecule has 148 valence electrons. The normalized spacial score (nSPS) is 12.2. The summed E-state index contributed by atoms with van der Waals surface area (Å²) >= 11 is 7.82. The number of hydrogen-bond donors (Lipinski definition) is 1. The molecule has 0 radical (unpaired) electrons. The van der Waals surface area contributed by atoms with E-state index in [-0.39, 0.29) is 11.8 Å². The minimum absolute atomic E-state index is 0.143. The van der Waals surface area contributed by atoms with Crippen LogP contribution in [0.4, 0.5) is 5.69 Å². The molecule has 0 unspecified atom stereocenters. The Morgan fingerprint density at radius 3 is 2.72 bits per heavy atom. The van der Waals surface area contributed by atoms with Gasteiger partial charge in [-0.25, -0.2) is 0 Å². The predicted octanol–water partition coefficient (Wildman–Crippen LogP) is 4.64. The van der Waals surface area contributed by atoms with Crippen LogP contribution < -0.4 is 15.0 Å². The number of ether oxygens (including phenoxy) is 1. The van der Waals surface area contributed by atoms with Crippen LogP contribution in [0.5, 0.6) is 5.75 Å². The summed E-state index contributed by atoms with van der Waals surface area (Å²) in [7, 11) is 3.24. The molecule has 3 aromatic rings. The van der Waals surface area contributed by atoms with E-state index >= 15 is 0 Å². The quantitative estimate of drug-likeness (QED) is 0.663. The maximum atomic E-state index is 13.2. The third-order valence-corrected chi connectivity index (χ3v) is 6.38. The third kappa shape index (κ3) is 3.61. The van der Waals surface area contributed by atoms with Gasteiger partial charge >= 0.3 is 0 Å². The summed E-state index contributed by atoms with van der Waals surface area (Å²) in [6, 6.07) is 14.7. The Hall–Kier alpha value is -2.83. The van der Waals surface area contributed by atoms with Crippen LogP contribution in [0.3, 0.4) is 0 Å². The van der Waals surface area contributed by atoms with Crippen LogP contribution >= 0.6 is 22.9 Å². The Labute approximate surface area is 177 Å². The van der Waals surface area contributed by atoms with Crippen molar-refractivity contribution < 1.29 is 14.3 Å². The molecule has 2 amide bonds. The number of nitrogens with one attached hydrogen (secondary N) is 1. The van der Waals surface area contributed by atoms with Crippen LogP contribution in [0.2, 0.25) is 5.02 Å². The number of rotatable bonds is 3. The number of thiophene rings is 1. The number of carbonyl (C=O) groups is 2. The average Bonchev–Trinajstić information content (AvgIpc) is 3.08. The van der Waals surface area contributed by atoms with Gasteiger partial charge in [-0.3, -0.25) is 9.59 Å². The molecule has 5 nitrogen and oxygen atoms in total. The highest BCUT2D eigenvalue weighted by Crippen LogP contribution is 2.41. The van der Waals surface area contributed by atoms with Crippen molar-refractivity contribution in [1.82, 2.24) is 5.32 Å². The average molecular weight is 427 g/mol. The largest absolute Gasteiger partial charge is 0.493 e. The number of amides is 2. The van der Waals surface area contributed by atoms with Crippen LogP contribution in [0.15, 0.2) is 48.5 Å². The number of benzene rings is 2. The van der Waals surface area contributed by atoms with E-state index in [1.165, 1.54) is 16.2 Å². The fourth-order valence-electron chi connectivity index (χ4n) is 3.34. The first kappa shape index (κ1) is 19.5. The smallest absolute Gasteiger partial charge is 0.268 e. The second kappa shape index (κ2) is 7.89. The van der Waals surface area contributed by atoms with E-state index in [2.05, 4.69) is 5.32 Å². The minimum Gasteiger partial charge on any atom is -0.493 e. The number of halogens is 1. The highest BCUT2D eigenvalue weighted by Gasteiger charge is 2.24. The van der Waals surface area contributed by atoms with Gasteiger partial charge in [-0.15, -0.1) is 11.3 Å². The van der Waals surface area contributed by atoms with Gasteiger partial charge in [-0.1, -0.05) is 23.7 Å². The molecule has 0 bridgehead atoms. The molecule has 2 heterocycles. The Kier molecular flexibility index (Phi) is 5.30. The predicted molar refractivity (Wildman–Crippen MR) is 117 cm³/mol. The molecule has 1 aromatic heterocycles. The van der Waals surface area contributed by atoms with Gasteiger partial charge in [0.05, 0.1) is 22.2 Å². The van der Waals surface area contributed by atoms with Crippen LogP contribution in [-0.2, 0) is 6.42 Å². The van der Waals surface area contributed by atoms with E-state index in [1.807, 2.05) is 30.3 Å².